The van der Waals surface area contributed by atoms with Crippen LogP contribution in [0.4, 0.5) is 4.39 Å². The molecule has 4 rings (SSSR count). The SMILES string of the molecule is CCS(=O)(=O)CC1=CC(C2=CN(C)C(=O)C3NCCC23)=C(Oc2cccc(C(C)C)c2F)C=C[CH]1.[HH]. The Morgan fingerprint density at radius 3 is 2.80 bits per heavy atom. The van der Waals surface area contributed by atoms with E-state index in [-0.39, 0.29) is 42.5 Å². The lowest BCUT2D eigenvalue weighted by Crippen LogP contribution is -2.46. The Balaban J connectivity index is 0.00000361. The number of likely N-dealkylation sites (N-methyl/N-ethyl adjacent to an activating group) is 1. The van der Waals surface area contributed by atoms with Crippen LogP contribution in [0.25, 0.3) is 0 Å². The quantitative estimate of drug-likeness (QED) is 0.603. The third-order valence-electron chi connectivity index (χ3n) is 6.69. The van der Waals surface area contributed by atoms with E-state index in [0.29, 0.717) is 29.0 Å². The molecule has 1 aromatic rings. The molecule has 1 N–H and O–H groups in total. The predicted octanol–water partition coefficient (Wildman–Crippen LogP) is 4.30. The molecule has 0 spiro atoms. The second-order valence-electron chi connectivity index (χ2n) is 9.48. The van der Waals surface area contributed by atoms with Gasteiger partial charge in [-0.25, -0.2) is 12.8 Å². The van der Waals surface area contributed by atoms with Gasteiger partial charge in [0.05, 0.1) is 11.8 Å². The monoisotopic (exact) mass is 501 g/mol. The average molecular weight is 502 g/mol. The maximum Gasteiger partial charge on any atom is 0.244 e. The maximum absolute atomic E-state index is 15.3. The Morgan fingerprint density at radius 1 is 1.31 bits per heavy atom. The van der Waals surface area contributed by atoms with E-state index in [2.05, 4.69) is 5.32 Å². The molecule has 0 saturated carbocycles. The number of hydrogen-bond donors (Lipinski definition) is 1. The molecule has 35 heavy (non-hydrogen) atoms. The highest BCUT2D eigenvalue weighted by atomic mass is 32.2. The molecule has 8 heteroatoms. The number of rotatable bonds is 7. The first-order chi connectivity index (χ1) is 16.6. The molecular weight excluding hydrogens is 467 g/mol. The average Bonchev–Trinajstić information content (AvgIpc) is 3.22. The third kappa shape index (κ3) is 5.28. The lowest BCUT2D eigenvalue weighted by molar-refractivity contribution is -0.130. The molecule has 2 unspecified atom stereocenters. The molecule has 1 radical (unpaired) electrons. The van der Waals surface area contributed by atoms with Crippen molar-refractivity contribution in [3.8, 4) is 5.75 Å². The number of halogens is 1. The fourth-order valence-electron chi connectivity index (χ4n) is 4.74. The number of allylic oxidation sites excluding steroid dienone is 4. The highest BCUT2D eigenvalue weighted by molar-refractivity contribution is 7.91. The largest absolute Gasteiger partial charge is 0.454 e. The van der Waals surface area contributed by atoms with E-state index in [0.717, 1.165) is 12.0 Å². The fraction of sp³-hybridized carbons (Fsp3) is 0.407. The van der Waals surface area contributed by atoms with E-state index in [1.165, 1.54) is 0 Å². The van der Waals surface area contributed by atoms with Gasteiger partial charge in [0.2, 0.25) is 5.91 Å². The molecule has 1 aliphatic carbocycles. The summed E-state index contributed by atoms with van der Waals surface area (Å²) in [5, 5.41) is 3.28. The summed E-state index contributed by atoms with van der Waals surface area (Å²) in [4.78, 5) is 14.3. The lowest BCUT2D eigenvalue weighted by Gasteiger charge is -2.32. The summed E-state index contributed by atoms with van der Waals surface area (Å²) in [7, 11) is -1.57. The van der Waals surface area contributed by atoms with Gasteiger partial charge in [-0.3, -0.25) is 4.79 Å². The van der Waals surface area contributed by atoms with Crippen molar-refractivity contribution in [1.82, 2.24) is 10.2 Å². The molecule has 6 nitrogen and oxygen atoms in total. The molecule has 2 aliphatic heterocycles. The van der Waals surface area contributed by atoms with E-state index in [9.17, 15) is 13.2 Å². The van der Waals surface area contributed by atoms with Gasteiger partial charge >= 0.3 is 0 Å². The summed E-state index contributed by atoms with van der Waals surface area (Å²) in [5.74, 6) is -0.101. The highest BCUT2D eigenvalue weighted by Crippen LogP contribution is 2.38. The van der Waals surface area contributed by atoms with Crippen molar-refractivity contribution in [2.45, 2.75) is 39.2 Å². The summed E-state index contributed by atoms with van der Waals surface area (Å²) in [6.07, 6.45) is 9.55. The summed E-state index contributed by atoms with van der Waals surface area (Å²) in [5.41, 5.74) is 2.69. The van der Waals surface area contributed by atoms with E-state index in [1.54, 1.807) is 67.9 Å². The van der Waals surface area contributed by atoms with E-state index in [1.807, 2.05) is 13.8 Å². The number of benzene rings is 1. The number of amides is 1. The van der Waals surface area contributed by atoms with Crippen LogP contribution in [0.2, 0.25) is 0 Å². The number of fused-ring (bicyclic) bond motifs is 1. The minimum Gasteiger partial charge on any atom is -0.454 e. The first-order valence-corrected chi connectivity index (χ1v) is 13.8. The molecular formula is C27H34FN2O4S. The van der Waals surface area contributed by atoms with E-state index >= 15 is 4.39 Å². The Morgan fingerprint density at radius 2 is 2.09 bits per heavy atom. The Labute approximate surface area is 208 Å². The van der Waals surface area contributed by atoms with Crippen molar-refractivity contribution in [3.05, 3.63) is 82.9 Å². The summed E-state index contributed by atoms with van der Waals surface area (Å²) in [6, 6.07) is 4.73. The summed E-state index contributed by atoms with van der Waals surface area (Å²) in [6.45, 7) is 6.16. The molecule has 1 amide bonds. The van der Waals surface area contributed by atoms with Crippen molar-refractivity contribution >= 4 is 15.7 Å². The maximum atomic E-state index is 15.3. The number of ether oxygens (including phenoxy) is 1. The first kappa shape index (κ1) is 25.4. The van der Waals surface area contributed by atoms with E-state index < -0.39 is 15.7 Å². The van der Waals surface area contributed by atoms with E-state index in [4.69, 9.17) is 4.74 Å². The molecule has 2 heterocycles. The van der Waals surface area contributed by atoms with Crippen LogP contribution in [0.5, 0.6) is 5.75 Å². The minimum atomic E-state index is -3.28. The Kier molecular flexibility index (Phi) is 7.33. The van der Waals surface area contributed by atoms with Crippen LogP contribution in [0.1, 0.15) is 40.1 Å². The molecule has 0 aromatic heterocycles. The zero-order valence-electron chi connectivity index (χ0n) is 20.5. The predicted molar refractivity (Wildman–Crippen MR) is 137 cm³/mol. The van der Waals surface area contributed by atoms with Gasteiger partial charge in [0, 0.05) is 38.3 Å². The Hall–Kier alpha value is -2.71. The lowest BCUT2D eigenvalue weighted by atomic mass is 9.83. The summed E-state index contributed by atoms with van der Waals surface area (Å²) >= 11 is 0. The molecule has 0 bridgehead atoms. The van der Waals surface area contributed by atoms with Gasteiger partial charge in [-0.15, -0.1) is 0 Å². The fourth-order valence-corrected chi connectivity index (χ4v) is 5.63. The molecule has 2 atom stereocenters. The van der Waals surface area contributed by atoms with Crippen molar-refractivity contribution < 1.29 is 23.8 Å². The standard InChI is InChI=1S/C27H32FN2O4S.H2/c1-5-35(32,33)16-18-8-6-10-23(34-24-11-7-9-19(17(2)3)25(24)28)21(14-18)22-15-30(4)27(31)26-20(22)12-13-29-26;/h6-11,14-15,17,20,26,29H,5,12-13,16H2,1-4H3;1H. The van der Waals surface area contributed by atoms with Crippen LogP contribution in [-0.2, 0) is 14.6 Å². The van der Waals surface area contributed by atoms with Crippen molar-refractivity contribution in [2.75, 3.05) is 25.1 Å². The van der Waals surface area contributed by atoms with Crippen LogP contribution < -0.4 is 10.1 Å². The second-order valence-corrected chi connectivity index (χ2v) is 11.8. The first-order valence-electron chi connectivity index (χ1n) is 12.0. The number of hydrogen-bond acceptors (Lipinski definition) is 5. The topological polar surface area (TPSA) is 75.7 Å². The van der Waals surface area contributed by atoms with Gasteiger partial charge in [0.1, 0.15) is 5.76 Å². The van der Waals surface area contributed by atoms with Crippen molar-refractivity contribution in [3.63, 3.8) is 0 Å². The molecule has 1 fully saturated rings. The zero-order valence-corrected chi connectivity index (χ0v) is 21.4. The molecule has 189 valence electrons. The normalized spacial score (nSPS) is 22.8. The van der Waals surface area contributed by atoms with Gasteiger partial charge in [0.25, 0.3) is 0 Å². The Bertz CT molecular complexity index is 1250. The van der Waals surface area contributed by atoms with Crippen LogP contribution in [0.15, 0.2) is 65.1 Å². The van der Waals surface area contributed by atoms with Crippen LogP contribution in [0.3, 0.4) is 0 Å². The zero-order chi connectivity index (χ0) is 25.3. The van der Waals surface area contributed by atoms with Gasteiger partial charge in [-0.2, -0.15) is 0 Å². The summed E-state index contributed by atoms with van der Waals surface area (Å²) < 4.78 is 46.2. The number of nitrogens with zero attached hydrogens (tertiary/aromatic N) is 1. The third-order valence-corrected chi connectivity index (χ3v) is 8.35. The van der Waals surface area contributed by atoms with Gasteiger partial charge in [-0.1, -0.05) is 45.1 Å². The van der Waals surface area contributed by atoms with Crippen LogP contribution >= 0.6 is 0 Å². The number of sulfone groups is 1. The minimum absolute atomic E-state index is 0. The van der Waals surface area contributed by atoms with Crippen LogP contribution in [-0.4, -0.2) is 50.4 Å². The molecule has 1 aromatic carbocycles. The van der Waals surface area contributed by atoms with Crippen molar-refractivity contribution in [1.29, 1.82) is 0 Å². The van der Waals surface area contributed by atoms with Gasteiger partial charge in [0.15, 0.2) is 21.4 Å². The van der Waals surface area contributed by atoms with Gasteiger partial charge < -0.3 is 15.0 Å². The molecule has 1 saturated heterocycles. The van der Waals surface area contributed by atoms with Gasteiger partial charge in [-0.05, 0) is 47.7 Å². The second kappa shape index (κ2) is 10.1. The number of carbonyl (C=O) groups is 1. The smallest absolute Gasteiger partial charge is 0.244 e. The van der Waals surface area contributed by atoms with Crippen molar-refractivity contribution in [2.24, 2.45) is 5.92 Å². The molecule has 3 aliphatic rings. The number of nitrogens with one attached hydrogen (secondary N) is 1. The highest BCUT2D eigenvalue weighted by Gasteiger charge is 2.41. The number of carbonyl (C=O) groups excluding carboxylic acids is 1. The van der Waals surface area contributed by atoms with Crippen LogP contribution in [0, 0.1) is 18.2 Å².